The van der Waals surface area contributed by atoms with Crippen LogP contribution in [0.1, 0.15) is 11.3 Å². The average molecular weight is 386 g/mol. The van der Waals surface area contributed by atoms with Crippen LogP contribution in [0.3, 0.4) is 0 Å². The lowest BCUT2D eigenvalue weighted by molar-refractivity contribution is 0.572. The van der Waals surface area contributed by atoms with Crippen LogP contribution in [-0.2, 0) is 13.1 Å². The maximum atomic E-state index is 5.57. The van der Waals surface area contributed by atoms with Crippen molar-refractivity contribution in [1.82, 2.24) is 25.4 Å². The molecule has 7 heteroatoms. The lowest BCUT2D eigenvalue weighted by Crippen LogP contribution is -2.36. The minimum absolute atomic E-state index is 0.513. The molecule has 0 bridgehead atoms. The van der Waals surface area contributed by atoms with Gasteiger partial charge in [0.1, 0.15) is 6.26 Å². The molecular weight excluding hydrogens is 364 g/mol. The van der Waals surface area contributed by atoms with Gasteiger partial charge in [-0.05, 0) is 24.3 Å². The first-order valence-corrected chi connectivity index (χ1v) is 9.35. The van der Waals surface area contributed by atoms with E-state index in [1.165, 1.54) is 0 Å². The fourth-order valence-corrected chi connectivity index (χ4v) is 2.86. The lowest BCUT2D eigenvalue weighted by atomic mass is 10.2. The summed E-state index contributed by atoms with van der Waals surface area (Å²) in [6.07, 6.45) is 5.50. The van der Waals surface area contributed by atoms with Crippen LogP contribution in [-0.4, -0.2) is 27.8 Å². The zero-order chi connectivity index (χ0) is 19.9. The number of para-hydroxylation sites is 1. The highest BCUT2D eigenvalue weighted by molar-refractivity contribution is 5.79. The monoisotopic (exact) mass is 386 g/mol. The number of benzene rings is 2. The molecule has 0 fully saturated rings. The van der Waals surface area contributed by atoms with Gasteiger partial charge in [-0.3, -0.25) is 4.99 Å². The summed E-state index contributed by atoms with van der Waals surface area (Å²) >= 11 is 0. The topological polar surface area (TPSA) is 80.3 Å². The van der Waals surface area contributed by atoms with Gasteiger partial charge in [-0.15, -0.1) is 0 Å². The van der Waals surface area contributed by atoms with Crippen molar-refractivity contribution in [3.05, 3.63) is 90.6 Å². The predicted molar refractivity (Wildman–Crippen MR) is 113 cm³/mol. The summed E-state index contributed by atoms with van der Waals surface area (Å²) < 4.78 is 7.42. The average Bonchev–Trinajstić information content (AvgIpc) is 3.45. The van der Waals surface area contributed by atoms with E-state index in [-0.39, 0.29) is 0 Å². The molecule has 0 aliphatic heterocycles. The number of nitrogens with zero attached hydrogens (tertiary/aromatic N) is 4. The molecule has 0 atom stereocenters. The Kier molecular flexibility index (Phi) is 5.66. The Hall–Kier alpha value is -3.87. The number of oxazole rings is 1. The minimum atomic E-state index is 0.513. The van der Waals surface area contributed by atoms with Crippen LogP contribution in [0, 0.1) is 0 Å². The quantitative estimate of drug-likeness (QED) is 0.392. The van der Waals surface area contributed by atoms with E-state index >= 15 is 0 Å². The van der Waals surface area contributed by atoms with Crippen molar-refractivity contribution in [3.8, 4) is 17.1 Å². The molecular formula is C22H22N6O. The van der Waals surface area contributed by atoms with Crippen LogP contribution < -0.4 is 10.6 Å². The molecule has 0 unspecified atom stereocenters. The number of hydrogen-bond acceptors (Lipinski definition) is 4. The fraction of sp³-hybridized carbons (Fsp3) is 0.136. The fourth-order valence-electron chi connectivity index (χ4n) is 2.86. The van der Waals surface area contributed by atoms with Gasteiger partial charge in [0, 0.05) is 30.9 Å². The number of aromatic nitrogens is 3. The van der Waals surface area contributed by atoms with Crippen LogP contribution in [0.15, 0.2) is 88.7 Å². The van der Waals surface area contributed by atoms with Crippen LogP contribution in [0.25, 0.3) is 17.1 Å². The number of hydrogen-bond donors (Lipinski definition) is 2. The van der Waals surface area contributed by atoms with Crippen LogP contribution >= 0.6 is 0 Å². The molecule has 0 aliphatic carbocycles. The summed E-state index contributed by atoms with van der Waals surface area (Å²) in [5.74, 6) is 1.29. The molecule has 0 saturated carbocycles. The first-order chi connectivity index (χ1) is 14.3. The molecule has 0 spiro atoms. The number of nitrogens with one attached hydrogen (secondary N) is 2. The zero-order valence-corrected chi connectivity index (χ0v) is 16.1. The van der Waals surface area contributed by atoms with E-state index in [9.17, 15) is 0 Å². The van der Waals surface area contributed by atoms with E-state index in [4.69, 9.17) is 4.42 Å². The highest BCUT2D eigenvalue weighted by atomic mass is 16.3. The van der Waals surface area contributed by atoms with Gasteiger partial charge >= 0.3 is 0 Å². The largest absolute Gasteiger partial charge is 0.444 e. The molecule has 0 saturated heterocycles. The Bertz CT molecular complexity index is 985. The van der Waals surface area contributed by atoms with Crippen molar-refractivity contribution < 1.29 is 4.42 Å². The van der Waals surface area contributed by atoms with Crippen molar-refractivity contribution in [2.24, 2.45) is 4.99 Å². The predicted octanol–water partition coefficient (Wildman–Crippen LogP) is 3.39. The molecule has 7 nitrogen and oxygen atoms in total. The second kappa shape index (κ2) is 8.88. The summed E-state index contributed by atoms with van der Waals surface area (Å²) in [5, 5.41) is 10.9. The molecule has 146 valence electrons. The van der Waals surface area contributed by atoms with Crippen molar-refractivity contribution >= 4 is 5.96 Å². The van der Waals surface area contributed by atoms with E-state index in [2.05, 4.69) is 25.7 Å². The molecule has 2 N–H and O–H groups in total. The molecule has 29 heavy (non-hydrogen) atoms. The van der Waals surface area contributed by atoms with Gasteiger partial charge < -0.3 is 15.1 Å². The number of rotatable bonds is 6. The summed E-state index contributed by atoms with van der Waals surface area (Å²) in [4.78, 5) is 8.77. The van der Waals surface area contributed by atoms with Gasteiger partial charge in [-0.1, -0.05) is 36.4 Å². The van der Waals surface area contributed by atoms with E-state index in [0.29, 0.717) is 24.9 Å². The van der Waals surface area contributed by atoms with Crippen LogP contribution in [0.2, 0.25) is 0 Å². The maximum Gasteiger partial charge on any atom is 0.226 e. The van der Waals surface area contributed by atoms with Crippen LogP contribution in [0.4, 0.5) is 0 Å². The van der Waals surface area contributed by atoms with E-state index in [0.717, 1.165) is 22.5 Å². The molecule has 0 aliphatic rings. The van der Waals surface area contributed by atoms with Crippen molar-refractivity contribution in [3.63, 3.8) is 0 Å². The molecule has 4 rings (SSSR count). The van der Waals surface area contributed by atoms with E-state index in [1.807, 2.05) is 77.7 Å². The molecule has 2 aromatic carbocycles. The summed E-state index contributed by atoms with van der Waals surface area (Å²) in [5.41, 5.74) is 3.85. The molecule has 4 aromatic rings. The van der Waals surface area contributed by atoms with E-state index in [1.54, 1.807) is 13.3 Å². The highest BCUT2D eigenvalue weighted by Gasteiger charge is 2.07. The maximum absolute atomic E-state index is 5.57. The highest BCUT2D eigenvalue weighted by Crippen LogP contribution is 2.17. The standard InChI is InChI=1S/C22H22N6O/c1-23-22(24-12-17-13-26-28(15-17)20-10-6-3-7-11-20)25-14-19-16-29-21(27-19)18-8-4-2-5-9-18/h2-11,13,15-16H,12,14H2,1H3,(H2,23,24,25). The Labute approximate surface area is 169 Å². The number of guanidine groups is 1. The van der Waals surface area contributed by atoms with Gasteiger partial charge in [0.05, 0.1) is 24.1 Å². The first-order valence-electron chi connectivity index (χ1n) is 9.35. The zero-order valence-electron chi connectivity index (χ0n) is 16.1. The summed E-state index contributed by atoms with van der Waals surface area (Å²) in [6, 6.07) is 19.8. The third-order valence-corrected chi connectivity index (χ3v) is 4.35. The first kappa shape index (κ1) is 18.5. The Morgan fingerprint density at radius 2 is 1.72 bits per heavy atom. The molecule has 0 amide bonds. The Morgan fingerprint density at radius 1 is 1.00 bits per heavy atom. The smallest absolute Gasteiger partial charge is 0.226 e. The van der Waals surface area contributed by atoms with Gasteiger partial charge in [-0.2, -0.15) is 5.10 Å². The van der Waals surface area contributed by atoms with Crippen molar-refractivity contribution in [1.29, 1.82) is 0 Å². The van der Waals surface area contributed by atoms with Crippen molar-refractivity contribution in [2.75, 3.05) is 7.05 Å². The lowest BCUT2D eigenvalue weighted by Gasteiger charge is -2.09. The molecule has 0 radical (unpaired) electrons. The van der Waals surface area contributed by atoms with Crippen LogP contribution in [0.5, 0.6) is 0 Å². The number of aliphatic imine (C=N–C) groups is 1. The minimum Gasteiger partial charge on any atom is -0.444 e. The van der Waals surface area contributed by atoms with Gasteiger partial charge in [0.15, 0.2) is 5.96 Å². The van der Waals surface area contributed by atoms with Crippen molar-refractivity contribution in [2.45, 2.75) is 13.1 Å². The van der Waals surface area contributed by atoms with Gasteiger partial charge in [0.25, 0.3) is 0 Å². The molecule has 2 heterocycles. The molecule has 2 aromatic heterocycles. The van der Waals surface area contributed by atoms with Gasteiger partial charge in [0.2, 0.25) is 5.89 Å². The second-order valence-corrected chi connectivity index (χ2v) is 6.42. The summed E-state index contributed by atoms with van der Waals surface area (Å²) in [7, 11) is 1.74. The van der Waals surface area contributed by atoms with Gasteiger partial charge in [-0.25, -0.2) is 9.67 Å². The second-order valence-electron chi connectivity index (χ2n) is 6.42. The third-order valence-electron chi connectivity index (χ3n) is 4.35. The normalized spacial score (nSPS) is 11.4. The van der Waals surface area contributed by atoms with E-state index < -0.39 is 0 Å². The third kappa shape index (κ3) is 4.70. The summed E-state index contributed by atoms with van der Waals surface area (Å²) in [6.45, 7) is 1.12. The Morgan fingerprint density at radius 3 is 2.48 bits per heavy atom. The Balaban J connectivity index is 1.31. The SMILES string of the molecule is CN=C(NCc1cnn(-c2ccccc2)c1)NCc1coc(-c2ccccc2)n1.